The van der Waals surface area contributed by atoms with E-state index in [1.165, 1.54) is 10.4 Å². The minimum Gasteiger partial charge on any atom is -0.407 e. The summed E-state index contributed by atoms with van der Waals surface area (Å²) in [6, 6.07) is 31.0. The quantitative estimate of drug-likeness (QED) is 0.169. The Morgan fingerprint density at radius 3 is 1.62 bits per heavy atom. The topological polar surface area (TPSA) is 18.5 Å². The lowest BCUT2D eigenvalue weighted by molar-refractivity contribution is 0.150. The molecule has 0 aliphatic rings. The van der Waals surface area contributed by atoms with Gasteiger partial charge in [-0.05, 0) is 45.2 Å². The maximum Gasteiger partial charge on any atom is 0.261 e. The molecule has 40 heavy (non-hydrogen) atoms. The van der Waals surface area contributed by atoms with Crippen LogP contribution < -0.4 is 10.4 Å². The van der Waals surface area contributed by atoms with E-state index in [4.69, 9.17) is 8.85 Å². The van der Waals surface area contributed by atoms with E-state index in [1.54, 1.807) is 6.08 Å². The monoisotopic (exact) mass is 574 g/mol. The smallest absolute Gasteiger partial charge is 0.261 e. The summed E-state index contributed by atoms with van der Waals surface area (Å²) in [5.74, 6) is 0. The predicted molar refractivity (Wildman–Crippen MR) is 175 cm³/mol. The van der Waals surface area contributed by atoms with Crippen molar-refractivity contribution in [3.63, 3.8) is 0 Å². The van der Waals surface area contributed by atoms with Crippen LogP contribution in [0.3, 0.4) is 0 Å². The zero-order chi connectivity index (χ0) is 29.4. The summed E-state index contributed by atoms with van der Waals surface area (Å²) in [6.07, 6.45) is 5.31. The molecule has 0 saturated carbocycles. The maximum absolute atomic E-state index is 15.9. The number of rotatable bonds is 11. The summed E-state index contributed by atoms with van der Waals surface area (Å²) in [5, 5.41) is 2.26. The van der Waals surface area contributed by atoms with Crippen LogP contribution in [0, 0.1) is 0 Å². The molecule has 214 valence electrons. The second-order valence-corrected chi connectivity index (χ2v) is 22.0. The van der Waals surface area contributed by atoms with Gasteiger partial charge in [0.05, 0.1) is 12.7 Å². The molecular formula is C35H47FO2Si2. The molecule has 0 amide bonds. The van der Waals surface area contributed by atoms with Crippen LogP contribution in [0.1, 0.15) is 47.1 Å². The molecule has 0 unspecified atom stereocenters. The molecule has 0 N–H and O–H groups in total. The van der Waals surface area contributed by atoms with Gasteiger partial charge in [0.25, 0.3) is 8.32 Å². The van der Waals surface area contributed by atoms with Crippen LogP contribution in [0.15, 0.2) is 109 Å². The Morgan fingerprint density at radius 2 is 1.18 bits per heavy atom. The molecule has 0 spiro atoms. The molecule has 0 saturated heterocycles. The van der Waals surface area contributed by atoms with Crippen LogP contribution >= 0.6 is 0 Å². The standard InChI is InChI=1S/C35H47FO2Si2/c1-34(2,3)39(7,8)38-33(27-26-29-19-12-9-13-20-29)32(36)25-18-28-37-40(35(4,5)6,30-21-14-10-15-22-30)31-23-16-11-17-24-31/h9-27,32-33H,28H2,1-8H3/b25-18-,27-26+/t32-,33+/m1/s1. The molecule has 0 bridgehead atoms. The largest absolute Gasteiger partial charge is 0.407 e. The fourth-order valence-electron chi connectivity index (χ4n) is 4.73. The van der Waals surface area contributed by atoms with Crippen molar-refractivity contribution in [1.29, 1.82) is 0 Å². The van der Waals surface area contributed by atoms with Gasteiger partial charge in [0.15, 0.2) is 8.32 Å². The molecule has 0 radical (unpaired) electrons. The van der Waals surface area contributed by atoms with Gasteiger partial charge in [0.2, 0.25) is 0 Å². The van der Waals surface area contributed by atoms with E-state index >= 15 is 4.39 Å². The molecule has 2 atom stereocenters. The van der Waals surface area contributed by atoms with Crippen LogP contribution in [0.25, 0.3) is 6.08 Å². The Balaban J connectivity index is 1.88. The molecule has 0 aromatic heterocycles. The SMILES string of the molecule is CC(C)(C)[Si](C)(C)O[C@@H](/C=C/c1ccccc1)[C@H](F)/C=C\CO[Si](c1ccccc1)(c1ccccc1)C(C)(C)C. The minimum atomic E-state index is -2.68. The third-order valence-electron chi connectivity index (χ3n) is 7.96. The Morgan fingerprint density at radius 1 is 0.700 bits per heavy atom. The van der Waals surface area contributed by atoms with Crippen LogP contribution in [0.2, 0.25) is 23.2 Å². The van der Waals surface area contributed by atoms with E-state index in [0.717, 1.165) is 5.56 Å². The fourth-order valence-corrected chi connectivity index (χ4v) is 10.5. The second kappa shape index (κ2) is 13.4. The first kappa shape index (κ1) is 31.9. The molecule has 0 heterocycles. The van der Waals surface area contributed by atoms with E-state index in [9.17, 15) is 0 Å². The van der Waals surface area contributed by atoms with Crippen molar-refractivity contribution in [2.24, 2.45) is 0 Å². The van der Waals surface area contributed by atoms with Gasteiger partial charge in [-0.15, -0.1) is 0 Å². The lowest BCUT2D eigenvalue weighted by Gasteiger charge is -2.42. The molecule has 0 aliphatic heterocycles. The molecule has 5 heteroatoms. The van der Waals surface area contributed by atoms with Gasteiger partial charge in [-0.1, -0.05) is 151 Å². The predicted octanol–water partition coefficient (Wildman–Crippen LogP) is 8.56. The van der Waals surface area contributed by atoms with E-state index in [1.807, 2.05) is 60.7 Å². The molecule has 0 fully saturated rings. The zero-order valence-electron chi connectivity index (χ0n) is 25.5. The van der Waals surface area contributed by atoms with Gasteiger partial charge in [-0.2, -0.15) is 0 Å². The summed E-state index contributed by atoms with van der Waals surface area (Å²) in [6.45, 7) is 17.9. The highest BCUT2D eigenvalue weighted by Gasteiger charge is 2.50. The van der Waals surface area contributed by atoms with Crippen molar-refractivity contribution < 1.29 is 13.2 Å². The third kappa shape index (κ3) is 7.79. The molecule has 3 rings (SSSR count). The van der Waals surface area contributed by atoms with Crippen molar-refractivity contribution in [2.75, 3.05) is 6.61 Å². The van der Waals surface area contributed by atoms with Gasteiger partial charge in [-0.25, -0.2) is 4.39 Å². The summed E-state index contributed by atoms with van der Waals surface area (Å²) in [7, 11) is -4.89. The van der Waals surface area contributed by atoms with Crippen LogP contribution in [-0.4, -0.2) is 35.5 Å². The van der Waals surface area contributed by atoms with Crippen LogP contribution in [-0.2, 0) is 8.85 Å². The maximum atomic E-state index is 15.9. The van der Waals surface area contributed by atoms with E-state index in [0.29, 0.717) is 6.61 Å². The molecule has 3 aromatic rings. The highest BCUT2D eigenvalue weighted by Crippen LogP contribution is 2.39. The Bertz CT molecular complexity index is 1190. The Hall–Kier alpha value is -2.58. The van der Waals surface area contributed by atoms with Gasteiger partial charge in [-0.3, -0.25) is 0 Å². The van der Waals surface area contributed by atoms with Gasteiger partial charge < -0.3 is 8.85 Å². The van der Waals surface area contributed by atoms with E-state index in [2.05, 4.69) is 103 Å². The molecule has 0 aliphatic carbocycles. The summed E-state index contributed by atoms with van der Waals surface area (Å²) in [5.41, 5.74) is 1.03. The van der Waals surface area contributed by atoms with Crippen molar-refractivity contribution >= 4 is 33.1 Å². The third-order valence-corrected chi connectivity index (χ3v) is 17.4. The first-order valence-electron chi connectivity index (χ1n) is 14.2. The highest BCUT2D eigenvalue weighted by molar-refractivity contribution is 6.99. The summed E-state index contributed by atoms with van der Waals surface area (Å²) in [4.78, 5) is 0. The van der Waals surface area contributed by atoms with E-state index in [-0.39, 0.29) is 10.1 Å². The van der Waals surface area contributed by atoms with Crippen molar-refractivity contribution in [1.82, 2.24) is 0 Å². The number of benzene rings is 3. The van der Waals surface area contributed by atoms with Gasteiger partial charge in [0.1, 0.15) is 6.17 Å². The number of hydrogen-bond acceptors (Lipinski definition) is 2. The van der Waals surface area contributed by atoms with Crippen LogP contribution in [0.4, 0.5) is 4.39 Å². The first-order chi connectivity index (χ1) is 18.8. The van der Waals surface area contributed by atoms with E-state index < -0.39 is 28.9 Å². The normalized spacial score (nSPS) is 15.0. The van der Waals surface area contributed by atoms with Crippen LogP contribution in [0.5, 0.6) is 0 Å². The molecular weight excluding hydrogens is 528 g/mol. The zero-order valence-corrected chi connectivity index (χ0v) is 27.5. The fraction of sp³-hybridized carbons (Fsp3) is 0.371. The lowest BCUT2D eigenvalue weighted by atomic mass is 10.1. The lowest BCUT2D eigenvalue weighted by Crippen LogP contribution is -2.66. The van der Waals surface area contributed by atoms with Gasteiger partial charge in [0, 0.05) is 0 Å². The van der Waals surface area contributed by atoms with Gasteiger partial charge >= 0.3 is 0 Å². The van der Waals surface area contributed by atoms with Crippen molar-refractivity contribution in [2.45, 2.75) is 77.0 Å². The molecule has 2 nitrogen and oxygen atoms in total. The average Bonchev–Trinajstić information content (AvgIpc) is 2.91. The average molecular weight is 575 g/mol. The number of halogens is 1. The highest BCUT2D eigenvalue weighted by atomic mass is 28.4. The number of hydrogen-bond donors (Lipinski definition) is 0. The van der Waals surface area contributed by atoms with Crippen molar-refractivity contribution in [3.05, 3.63) is 115 Å². The molecule has 3 aromatic carbocycles. The Labute approximate surface area is 244 Å². The number of alkyl halides is 1. The second-order valence-electron chi connectivity index (χ2n) is 13.0. The Kier molecular flexibility index (Phi) is 10.7. The van der Waals surface area contributed by atoms with Crippen molar-refractivity contribution in [3.8, 4) is 0 Å². The first-order valence-corrected chi connectivity index (χ1v) is 19.1. The summed E-state index contributed by atoms with van der Waals surface area (Å²) < 4.78 is 29.4. The summed E-state index contributed by atoms with van der Waals surface area (Å²) >= 11 is 0. The minimum absolute atomic E-state index is 0.0261.